The van der Waals surface area contributed by atoms with E-state index in [1.165, 1.54) is 27.8 Å². The maximum Gasteiger partial charge on any atom is 0.136 e. The van der Waals surface area contributed by atoms with Crippen molar-refractivity contribution in [2.24, 2.45) is 0 Å². The van der Waals surface area contributed by atoms with E-state index in [0.717, 1.165) is 83.2 Å². The average molecular weight is 744 g/mol. The summed E-state index contributed by atoms with van der Waals surface area (Å²) in [5.41, 5.74) is 17.2. The summed E-state index contributed by atoms with van der Waals surface area (Å²) in [6.07, 6.45) is 0. The standard InChI is InChI=1S/C55H37NO2/c1-36-16-18-37(19-17-36)38-20-22-39(23-21-38)40-24-28-45(29-25-40)56(46-10-6-8-41(32-46)43-26-30-50-48-12-2-4-14-52(48)57-54(50)34-43)47-11-7-9-42(33-47)44-27-31-51-49-13-3-5-15-53(49)58-55(51)35-44/h2-35H,1H3. The van der Waals surface area contributed by atoms with E-state index in [-0.39, 0.29) is 0 Å². The highest BCUT2D eigenvalue weighted by Gasteiger charge is 2.17. The fourth-order valence-electron chi connectivity index (χ4n) is 8.31. The summed E-state index contributed by atoms with van der Waals surface area (Å²) in [6, 6.07) is 73.5. The lowest BCUT2D eigenvalue weighted by Crippen LogP contribution is -2.10. The van der Waals surface area contributed by atoms with E-state index < -0.39 is 0 Å². The maximum absolute atomic E-state index is 6.29. The molecule has 0 saturated carbocycles. The minimum Gasteiger partial charge on any atom is -0.456 e. The van der Waals surface area contributed by atoms with Gasteiger partial charge in [-0.15, -0.1) is 0 Å². The number of furan rings is 2. The van der Waals surface area contributed by atoms with Gasteiger partial charge in [0.1, 0.15) is 22.3 Å². The summed E-state index contributed by atoms with van der Waals surface area (Å²) in [7, 11) is 0. The summed E-state index contributed by atoms with van der Waals surface area (Å²) in [6.45, 7) is 2.12. The highest BCUT2D eigenvalue weighted by atomic mass is 16.3. The van der Waals surface area contributed by atoms with Crippen molar-refractivity contribution in [3.8, 4) is 44.5 Å². The van der Waals surface area contributed by atoms with Crippen LogP contribution in [-0.4, -0.2) is 0 Å². The Balaban J connectivity index is 0.989. The number of rotatable bonds is 7. The zero-order valence-corrected chi connectivity index (χ0v) is 31.9. The van der Waals surface area contributed by atoms with Crippen molar-refractivity contribution >= 4 is 60.9 Å². The summed E-state index contributed by atoms with van der Waals surface area (Å²) in [4.78, 5) is 2.34. The summed E-state index contributed by atoms with van der Waals surface area (Å²) in [5.74, 6) is 0. The van der Waals surface area contributed by atoms with Gasteiger partial charge in [-0.3, -0.25) is 0 Å². The molecule has 0 saturated heterocycles. The lowest BCUT2D eigenvalue weighted by molar-refractivity contribution is 0.668. The first-order chi connectivity index (χ1) is 28.6. The molecule has 2 heterocycles. The number of nitrogens with zero attached hydrogens (tertiary/aromatic N) is 1. The molecule has 0 spiro atoms. The van der Waals surface area contributed by atoms with Crippen LogP contribution in [0.1, 0.15) is 5.56 Å². The monoisotopic (exact) mass is 743 g/mol. The largest absolute Gasteiger partial charge is 0.456 e. The highest BCUT2D eigenvalue weighted by Crippen LogP contribution is 2.41. The first-order valence-corrected chi connectivity index (χ1v) is 19.7. The van der Waals surface area contributed by atoms with Crippen LogP contribution in [0.3, 0.4) is 0 Å². The molecule has 0 radical (unpaired) electrons. The number of para-hydroxylation sites is 2. The Labute approximate surface area is 336 Å². The molecule has 0 unspecified atom stereocenters. The second kappa shape index (κ2) is 13.8. The number of aryl methyl sites for hydroxylation is 1. The Morgan fingerprint density at radius 2 is 0.655 bits per heavy atom. The fraction of sp³-hybridized carbons (Fsp3) is 0.0182. The molecule has 0 bridgehead atoms. The first-order valence-electron chi connectivity index (χ1n) is 19.7. The quantitative estimate of drug-likeness (QED) is 0.163. The molecule has 0 fully saturated rings. The van der Waals surface area contributed by atoms with Crippen molar-refractivity contribution in [3.63, 3.8) is 0 Å². The van der Waals surface area contributed by atoms with Gasteiger partial charge in [0.2, 0.25) is 0 Å². The van der Waals surface area contributed by atoms with E-state index >= 15 is 0 Å². The van der Waals surface area contributed by atoms with Crippen molar-refractivity contribution in [1.29, 1.82) is 0 Å². The number of benzene rings is 9. The third kappa shape index (κ3) is 6.01. The number of hydrogen-bond acceptors (Lipinski definition) is 3. The third-order valence-corrected chi connectivity index (χ3v) is 11.4. The molecule has 3 heteroatoms. The van der Waals surface area contributed by atoms with E-state index in [0.29, 0.717) is 0 Å². The van der Waals surface area contributed by atoms with Crippen molar-refractivity contribution in [1.82, 2.24) is 0 Å². The van der Waals surface area contributed by atoms with Gasteiger partial charge in [0.15, 0.2) is 0 Å². The van der Waals surface area contributed by atoms with Crippen LogP contribution in [0.4, 0.5) is 17.1 Å². The van der Waals surface area contributed by atoms with E-state index in [1.54, 1.807) is 0 Å². The minimum absolute atomic E-state index is 0.887. The Kier molecular flexibility index (Phi) is 8.04. The van der Waals surface area contributed by atoms with Crippen LogP contribution in [0.2, 0.25) is 0 Å². The minimum atomic E-state index is 0.887. The molecule has 0 amide bonds. The molecule has 0 N–H and O–H groups in total. The molecule has 3 nitrogen and oxygen atoms in total. The zero-order valence-electron chi connectivity index (χ0n) is 31.9. The number of anilines is 3. The van der Waals surface area contributed by atoms with Gasteiger partial charge in [-0.1, -0.05) is 139 Å². The van der Waals surface area contributed by atoms with Crippen molar-refractivity contribution in [2.75, 3.05) is 4.90 Å². The Morgan fingerprint density at radius 1 is 0.276 bits per heavy atom. The fourth-order valence-corrected chi connectivity index (χ4v) is 8.31. The van der Waals surface area contributed by atoms with Crippen molar-refractivity contribution in [2.45, 2.75) is 6.92 Å². The van der Waals surface area contributed by atoms with Crippen LogP contribution >= 0.6 is 0 Å². The van der Waals surface area contributed by atoms with Gasteiger partial charge in [0.05, 0.1) is 0 Å². The van der Waals surface area contributed by atoms with Crippen molar-refractivity contribution in [3.05, 3.63) is 212 Å². The van der Waals surface area contributed by atoms with E-state index in [1.807, 2.05) is 24.3 Å². The van der Waals surface area contributed by atoms with Gasteiger partial charge in [-0.05, 0) is 124 Å². The molecule has 11 aromatic rings. The maximum atomic E-state index is 6.29. The smallest absolute Gasteiger partial charge is 0.136 e. The second-order valence-electron chi connectivity index (χ2n) is 15.0. The zero-order chi connectivity index (χ0) is 38.6. The third-order valence-electron chi connectivity index (χ3n) is 11.4. The van der Waals surface area contributed by atoms with Gasteiger partial charge in [-0.25, -0.2) is 0 Å². The van der Waals surface area contributed by atoms with Crippen LogP contribution < -0.4 is 4.90 Å². The van der Waals surface area contributed by atoms with E-state index in [4.69, 9.17) is 8.83 Å². The normalized spacial score (nSPS) is 11.5. The van der Waals surface area contributed by atoms with E-state index in [2.05, 4.69) is 194 Å². The molecule has 0 atom stereocenters. The Bertz CT molecular complexity index is 3120. The lowest BCUT2D eigenvalue weighted by atomic mass is 9.99. The van der Waals surface area contributed by atoms with Crippen molar-refractivity contribution < 1.29 is 8.83 Å². The molecule has 0 aliphatic rings. The predicted octanol–water partition coefficient (Wildman–Crippen LogP) is 15.9. The second-order valence-corrected chi connectivity index (χ2v) is 15.0. The molecular weight excluding hydrogens is 707 g/mol. The molecule has 0 aliphatic heterocycles. The molecule has 2 aromatic heterocycles. The van der Waals surface area contributed by atoms with Gasteiger partial charge in [0, 0.05) is 38.6 Å². The first kappa shape index (κ1) is 33.7. The SMILES string of the molecule is Cc1ccc(-c2ccc(-c3ccc(N(c4cccc(-c5ccc6c(c5)oc5ccccc56)c4)c4cccc(-c5ccc6c(c5)oc5ccccc56)c4)cc3)cc2)cc1. The number of fused-ring (bicyclic) bond motifs is 6. The van der Waals surface area contributed by atoms with Gasteiger partial charge in [-0.2, -0.15) is 0 Å². The van der Waals surface area contributed by atoms with E-state index in [9.17, 15) is 0 Å². The predicted molar refractivity (Wildman–Crippen MR) is 242 cm³/mol. The molecular formula is C55H37NO2. The van der Waals surface area contributed by atoms with Crippen LogP contribution in [0, 0.1) is 6.92 Å². The lowest BCUT2D eigenvalue weighted by Gasteiger charge is -2.27. The van der Waals surface area contributed by atoms with Crippen LogP contribution in [-0.2, 0) is 0 Å². The molecule has 11 rings (SSSR count). The Hall–Kier alpha value is -7.62. The molecule has 9 aromatic carbocycles. The molecule has 274 valence electrons. The van der Waals surface area contributed by atoms with Gasteiger partial charge >= 0.3 is 0 Å². The molecule has 58 heavy (non-hydrogen) atoms. The summed E-state index contributed by atoms with van der Waals surface area (Å²) >= 11 is 0. The van der Waals surface area contributed by atoms with Crippen LogP contribution in [0.25, 0.3) is 88.4 Å². The highest BCUT2D eigenvalue weighted by molar-refractivity contribution is 6.07. The topological polar surface area (TPSA) is 29.5 Å². The summed E-state index contributed by atoms with van der Waals surface area (Å²) in [5, 5.41) is 4.52. The van der Waals surface area contributed by atoms with Crippen LogP contribution in [0.5, 0.6) is 0 Å². The average Bonchev–Trinajstić information content (AvgIpc) is 3.85. The Morgan fingerprint density at radius 3 is 1.14 bits per heavy atom. The summed E-state index contributed by atoms with van der Waals surface area (Å²) < 4.78 is 12.6. The van der Waals surface area contributed by atoms with Crippen LogP contribution in [0.15, 0.2) is 215 Å². The van der Waals surface area contributed by atoms with Gasteiger partial charge in [0.25, 0.3) is 0 Å². The molecule has 0 aliphatic carbocycles. The van der Waals surface area contributed by atoms with Gasteiger partial charge < -0.3 is 13.7 Å². The number of hydrogen-bond donors (Lipinski definition) is 0.